The number of hydrogen-bond acceptors (Lipinski definition) is 2. The van der Waals surface area contributed by atoms with Gasteiger partial charge in [0.25, 0.3) is 0 Å². The summed E-state index contributed by atoms with van der Waals surface area (Å²) in [5.74, 6) is -0.293. The maximum absolute atomic E-state index is 11.6. The summed E-state index contributed by atoms with van der Waals surface area (Å²) in [6, 6.07) is 7.96. The van der Waals surface area contributed by atoms with Gasteiger partial charge in [-0.2, -0.15) is 0 Å². The molecule has 0 aliphatic heterocycles. The minimum Gasteiger partial charge on any atom is -0.465 e. The Kier molecular flexibility index (Phi) is 3.47. The number of aromatic nitrogens is 1. The summed E-state index contributed by atoms with van der Waals surface area (Å²) in [6.07, 6.45) is 0. The molecule has 19 heavy (non-hydrogen) atoms. The summed E-state index contributed by atoms with van der Waals surface area (Å²) in [5.41, 5.74) is 6.27. The zero-order valence-corrected chi connectivity index (χ0v) is 12.1. The Labute approximate surface area is 113 Å². The zero-order chi connectivity index (χ0) is 14.2. The number of hydrogen-bond donors (Lipinski definition) is 0. The minimum atomic E-state index is -0.293. The Balaban J connectivity index is 2.64. The van der Waals surface area contributed by atoms with Crippen molar-refractivity contribution >= 4 is 5.97 Å². The third-order valence-electron chi connectivity index (χ3n) is 3.41. The van der Waals surface area contributed by atoms with Gasteiger partial charge in [0.15, 0.2) is 0 Å². The van der Waals surface area contributed by atoms with Crippen molar-refractivity contribution in [3.05, 3.63) is 52.3 Å². The van der Waals surface area contributed by atoms with E-state index in [2.05, 4.69) is 30.5 Å². The van der Waals surface area contributed by atoms with Crippen molar-refractivity contribution in [1.82, 2.24) is 4.57 Å². The van der Waals surface area contributed by atoms with Crippen molar-refractivity contribution < 1.29 is 9.53 Å². The van der Waals surface area contributed by atoms with Crippen molar-refractivity contribution in [2.75, 3.05) is 7.11 Å². The molecule has 0 spiro atoms. The van der Waals surface area contributed by atoms with Crippen LogP contribution in [-0.2, 0) is 4.74 Å². The molecule has 100 valence electrons. The fourth-order valence-corrected chi connectivity index (χ4v) is 2.57. The molecule has 0 saturated heterocycles. The van der Waals surface area contributed by atoms with Gasteiger partial charge in [-0.25, -0.2) is 4.79 Å². The highest BCUT2D eigenvalue weighted by molar-refractivity contribution is 5.90. The molecule has 0 aliphatic carbocycles. The zero-order valence-electron chi connectivity index (χ0n) is 12.1. The second kappa shape index (κ2) is 4.92. The van der Waals surface area contributed by atoms with Gasteiger partial charge < -0.3 is 9.30 Å². The first-order valence-corrected chi connectivity index (χ1v) is 6.30. The molecule has 0 saturated carbocycles. The lowest BCUT2D eigenvalue weighted by Crippen LogP contribution is -2.08. The van der Waals surface area contributed by atoms with Gasteiger partial charge in [0.05, 0.1) is 18.4 Å². The van der Waals surface area contributed by atoms with Crippen LogP contribution in [0.5, 0.6) is 0 Å². The highest BCUT2D eigenvalue weighted by Crippen LogP contribution is 2.25. The van der Waals surface area contributed by atoms with E-state index in [0.717, 1.165) is 16.8 Å². The van der Waals surface area contributed by atoms with Gasteiger partial charge in [-0.15, -0.1) is 0 Å². The normalized spacial score (nSPS) is 10.6. The summed E-state index contributed by atoms with van der Waals surface area (Å²) in [4.78, 5) is 11.6. The number of carbonyl (C=O) groups is 1. The van der Waals surface area contributed by atoms with Crippen LogP contribution >= 0.6 is 0 Å². The smallest absolute Gasteiger partial charge is 0.337 e. The summed E-state index contributed by atoms with van der Waals surface area (Å²) in [5, 5.41) is 0. The Hall–Kier alpha value is -2.03. The van der Waals surface area contributed by atoms with E-state index in [4.69, 9.17) is 4.74 Å². The number of nitrogens with zero attached hydrogens (tertiary/aromatic N) is 1. The van der Waals surface area contributed by atoms with E-state index in [0.29, 0.717) is 5.56 Å². The quantitative estimate of drug-likeness (QED) is 0.771. The Morgan fingerprint density at radius 2 is 1.47 bits per heavy atom. The number of ether oxygens (including phenoxy) is 1. The number of benzene rings is 1. The molecule has 3 heteroatoms. The van der Waals surface area contributed by atoms with Gasteiger partial charge in [0.1, 0.15) is 0 Å². The van der Waals surface area contributed by atoms with Gasteiger partial charge >= 0.3 is 5.97 Å². The Morgan fingerprint density at radius 1 is 1.00 bits per heavy atom. The van der Waals surface area contributed by atoms with E-state index in [1.807, 2.05) is 26.0 Å². The SMILES string of the molecule is COC(=O)c1cc(C)c(-n2c(C)ccc2C)c(C)c1. The van der Waals surface area contributed by atoms with Crippen LogP contribution < -0.4 is 0 Å². The van der Waals surface area contributed by atoms with Crippen molar-refractivity contribution in [3.63, 3.8) is 0 Å². The maximum Gasteiger partial charge on any atom is 0.337 e. The van der Waals surface area contributed by atoms with E-state index >= 15 is 0 Å². The van der Waals surface area contributed by atoms with Crippen molar-refractivity contribution in [3.8, 4) is 5.69 Å². The van der Waals surface area contributed by atoms with Crippen LogP contribution in [0.3, 0.4) is 0 Å². The van der Waals surface area contributed by atoms with Crippen LogP contribution in [0, 0.1) is 27.7 Å². The Morgan fingerprint density at radius 3 is 1.89 bits per heavy atom. The topological polar surface area (TPSA) is 31.2 Å². The first-order valence-electron chi connectivity index (χ1n) is 6.30. The molecule has 1 aromatic heterocycles. The van der Waals surface area contributed by atoms with Crippen LogP contribution in [0.25, 0.3) is 5.69 Å². The minimum absolute atomic E-state index is 0.293. The predicted octanol–water partition coefficient (Wildman–Crippen LogP) is 3.50. The van der Waals surface area contributed by atoms with Gasteiger partial charge in [0, 0.05) is 11.4 Å². The molecule has 0 atom stereocenters. The summed E-state index contributed by atoms with van der Waals surface area (Å²) >= 11 is 0. The molecule has 0 bridgehead atoms. The molecule has 0 aliphatic rings. The number of aryl methyl sites for hydroxylation is 4. The first-order chi connectivity index (χ1) is 8.95. The first kappa shape index (κ1) is 13.4. The number of rotatable bonds is 2. The molecule has 2 aromatic rings. The molecule has 0 fully saturated rings. The number of carbonyl (C=O) groups excluding carboxylic acids is 1. The van der Waals surface area contributed by atoms with Crippen LogP contribution in [-0.4, -0.2) is 17.6 Å². The molecule has 0 radical (unpaired) electrons. The summed E-state index contributed by atoms with van der Waals surface area (Å²) in [6.45, 7) is 8.21. The van der Waals surface area contributed by atoms with Gasteiger partial charge in [-0.1, -0.05) is 0 Å². The van der Waals surface area contributed by atoms with E-state index in [-0.39, 0.29) is 5.97 Å². The Bertz CT molecular complexity index is 596. The third-order valence-corrected chi connectivity index (χ3v) is 3.41. The van der Waals surface area contributed by atoms with E-state index in [1.54, 1.807) is 0 Å². The van der Waals surface area contributed by atoms with E-state index in [1.165, 1.54) is 18.5 Å². The summed E-state index contributed by atoms with van der Waals surface area (Å²) < 4.78 is 6.99. The van der Waals surface area contributed by atoms with Crippen LogP contribution in [0.15, 0.2) is 24.3 Å². The molecule has 0 N–H and O–H groups in total. The van der Waals surface area contributed by atoms with Crippen LogP contribution in [0.1, 0.15) is 32.9 Å². The highest BCUT2D eigenvalue weighted by atomic mass is 16.5. The molecule has 2 rings (SSSR count). The van der Waals surface area contributed by atoms with Crippen LogP contribution in [0.4, 0.5) is 0 Å². The van der Waals surface area contributed by atoms with Gasteiger partial charge in [-0.05, 0) is 63.1 Å². The van der Waals surface area contributed by atoms with Crippen molar-refractivity contribution in [1.29, 1.82) is 0 Å². The molecular formula is C16H19NO2. The maximum atomic E-state index is 11.6. The van der Waals surface area contributed by atoms with Gasteiger partial charge in [0.2, 0.25) is 0 Å². The number of esters is 1. The summed E-state index contributed by atoms with van der Waals surface area (Å²) in [7, 11) is 1.40. The third kappa shape index (κ3) is 2.28. The lowest BCUT2D eigenvalue weighted by Gasteiger charge is -2.16. The number of methoxy groups -OCH3 is 1. The second-order valence-electron chi connectivity index (χ2n) is 4.90. The van der Waals surface area contributed by atoms with Crippen LogP contribution in [0.2, 0.25) is 0 Å². The second-order valence-corrected chi connectivity index (χ2v) is 4.90. The standard InChI is InChI=1S/C16H19NO2/c1-10-8-14(16(18)19-5)9-11(2)15(10)17-12(3)6-7-13(17)4/h6-9H,1-5H3. The van der Waals surface area contributed by atoms with Gasteiger partial charge in [-0.3, -0.25) is 0 Å². The molecule has 0 unspecified atom stereocenters. The fraction of sp³-hybridized carbons (Fsp3) is 0.312. The monoisotopic (exact) mass is 257 g/mol. The molecular weight excluding hydrogens is 238 g/mol. The van der Waals surface area contributed by atoms with E-state index < -0.39 is 0 Å². The molecule has 3 nitrogen and oxygen atoms in total. The average molecular weight is 257 g/mol. The van der Waals surface area contributed by atoms with Crippen molar-refractivity contribution in [2.45, 2.75) is 27.7 Å². The highest BCUT2D eigenvalue weighted by Gasteiger charge is 2.14. The lowest BCUT2D eigenvalue weighted by atomic mass is 10.0. The van der Waals surface area contributed by atoms with Crippen molar-refractivity contribution in [2.24, 2.45) is 0 Å². The fourth-order valence-electron chi connectivity index (χ4n) is 2.57. The van der Waals surface area contributed by atoms with E-state index in [9.17, 15) is 4.79 Å². The lowest BCUT2D eigenvalue weighted by molar-refractivity contribution is 0.0600. The molecule has 0 amide bonds. The predicted molar refractivity (Wildman–Crippen MR) is 76.1 cm³/mol. The molecule has 1 heterocycles. The molecule has 1 aromatic carbocycles. The largest absolute Gasteiger partial charge is 0.465 e. The average Bonchev–Trinajstić information content (AvgIpc) is 2.68.